The van der Waals surface area contributed by atoms with Gasteiger partial charge in [-0.25, -0.2) is 4.79 Å². The molecular formula is C27H24ClN3O3. The van der Waals surface area contributed by atoms with Crippen LogP contribution >= 0.6 is 11.6 Å². The topological polar surface area (TPSA) is 55.7 Å². The van der Waals surface area contributed by atoms with Gasteiger partial charge in [0, 0.05) is 17.3 Å². The van der Waals surface area contributed by atoms with Crippen molar-refractivity contribution in [2.45, 2.75) is 12.6 Å². The van der Waals surface area contributed by atoms with Crippen LogP contribution in [-0.4, -0.2) is 29.7 Å². The van der Waals surface area contributed by atoms with E-state index in [0.29, 0.717) is 28.8 Å². The molecule has 0 aliphatic carbocycles. The molecule has 0 saturated heterocycles. The number of nitrogens with one attached hydrogen (secondary N) is 1. The number of urea groups is 1. The fourth-order valence-corrected chi connectivity index (χ4v) is 4.70. The lowest BCUT2D eigenvalue weighted by molar-refractivity contribution is 0.194. The van der Waals surface area contributed by atoms with Gasteiger partial charge in [-0.05, 0) is 47.5 Å². The van der Waals surface area contributed by atoms with Gasteiger partial charge in [-0.2, -0.15) is 0 Å². The Bertz CT molecular complexity index is 1350. The summed E-state index contributed by atoms with van der Waals surface area (Å²) in [6.45, 7) is 0.395. The molecule has 0 radical (unpaired) electrons. The van der Waals surface area contributed by atoms with E-state index in [1.165, 1.54) is 0 Å². The SMILES string of the molecule is COc1ccc(OC)c(NC(=O)N2Cc3ccccc3-n3cccc3C2c2ccccc2Cl)c1. The van der Waals surface area contributed by atoms with Crippen molar-refractivity contribution in [1.29, 1.82) is 0 Å². The Labute approximate surface area is 203 Å². The smallest absolute Gasteiger partial charge is 0.323 e. The Morgan fingerprint density at radius 1 is 0.971 bits per heavy atom. The van der Waals surface area contributed by atoms with Crippen LogP contribution in [0.3, 0.4) is 0 Å². The maximum Gasteiger partial charge on any atom is 0.323 e. The summed E-state index contributed by atoms with van der Waals surface area (Å²) >= 11 is 6.67. The number of aromatic nitrogens is 1. The molecule has 4 aromatic rings. The third-order valence-corrected chi connectivity index (χ3v) is 6.42. The average molecular weight is 474 g/mol. The van der Waals surface area contributed by atoms with Crippen LogP contribution in [0.5, 0.6) is 11.5 Å². The first-order valence-corrected chi connectivity index (χ1v) is 11.3. The van der Waals surface area contributed by atoms with Crippen molar-refractivity contribution < 1.29 is 14.3 Å². The second-order valence-electron chi connectivity index (χ2n) is 7.98. The van der Waals surface area contributed by atoms with Gasteiger partial charge < -0.3 is 24.3 Å². The monoisotopic (exact) mass is 473 g/mol. The quantitative estimate of drug-likeness (QED) is 0.379. The van der Waals surface area contributed by atoms with Crippen LogP contribution in [-0.2, 0) is 6.54 Å². The van der Waals surface area contributed by atoms with Crippen LogP contribution in [0, 0.1) is 0 Å². The minimum atomic E-state index is -0.410. The van der Waals surface area contributed by atoms with Crippen LogP contribution in [0.2, 0.25) is 5.02 Å². The average Bonchev–Trinajstić information content (AvgIpc) is 3.29. The van der Waals surface area contributed by atoms with E-state index >= 15 is 0 Å². The van der Waals surface area contributed by atoms with E-state index in [0.717, 1.165) is 22.5 Å². The summed E-state index contributed by atoms with van der Waals surface area (Å²) in [4.78, 5) is 15.7. The van der Waals surface area contributed by atoms with Crippen LogP contribution in [0.4, 0.5) is 10.5 Å². The molecular weight excluding hydrogens is 450 g/mol. The minimum Gasteiger partial charge on any atom is -0.497 e. The number of halogens is 1. The maximum atomic E-state index is 13.9. The molecule has 5 rings (SSSR count). The lowest BCUT2D eigenvalue weighted by atomic mass is 10.0. The predicted octanol–water partition coefficient (Wildman–Crippen LogP) is 6.29. The molecule has 1 aliphatic heterocycles. The van der Waals surface area contributed by atoms with E-state index in [1.807, 2.05) is 60.8 Å². The standard InChI is InChI=1S/C27H24ClN3O3/c1-33-19-13-14-25(34-2)22(16-19)29-27(32)31-17-18-8-3-6-11-23(18)30-15-7-12-24(30)26(31)20-9-4-5-10-21(20)28/h3-16,26H,17H2,1-2H3,(H,29,32). The number of amides is 2. The molecule has 2 heterocycles. The van der Waals surface area contributed by atoms with Crippen molar-refractivity contribution in [2.24, 2.45) is 0 Å². The van der Waals surface area contributed by atoms with Crippen molar-refractivity contribution in [3.63, 3.8) is 0 Å². The number of rotatable bonds is 4. The highest BCUT2D eigenvalue weighted by Crippen LogP contribution is 2.40. The number of anilines is 1. The molecule has 0 fully saturated rings. The van der Waals surface area contributed by atoms with E-state index in [1.54, 1.807) is 37.3 Å². The number of para-hydroxylation sites is 1. The number of benzene rings is 3. The van der Waals surface area contributed by atoms with Gasteiger partial charge in [0.1, 0.15) is 17.5 Å². The van der Waals surface area contributed by atoms with Crippen molar-refractivity contribution in [1.82, 2.24) is 9.47 Å². The lowest BCUT2D eigenvalue weighted by Crippen LogP contribution is -2.38. The van der Waals surface area contributed by atoms with E-state index < -0.39 is 6.04 Å². The molecule has 1 aromatic heterocycles. The summed E-state index contributed by atoms with van der Waals surface area (Å²) in [5.74, 6) is 1.16. The first-order valence-electron chi connectivity index (χ1n) is 10.9. The molecule has 1 aliphatic rings. The normalized spacial score (nSPS) is 14.6. The van der Waals surface area contributed by atoms with Gasteiger partial charge in [-0.15, -0.1) is 0 Å². The summed E-state index contributed by atoms with van der Waals surface area (Å²) in [7, 11) is 3.15. The molecule has 3 aromatic carbocycles. The Kier molecular flexibility index (Phi) is 5.90. The summed E-state index contributed by atoms with van der Waals surface area (Å²) in [6, 6.07) is 24.4. The van der Waals surface area contributed by atoms with Gasteiger partial charge >= 0.3 is 6.03 Å². The fraction of sp³-hybridized carbons (Fsp3) is 0.148. The number of hydrogen-bond donors (Lipinski definition) is 1. The van der Waals surface area contributed by atoms with E-state index in [-0.39, 0.29) is 6.03 Å². The zero-order chi connectivity index (χ0) is 23.7. The van der Waals surface area contributed by atoms with Gasteiger partial charge in [0.05, 0.1) is 37.8 Å². The second kappa shape index (κ2) is 9.15. The van der Waals surface area contributed by atoms with E-state index in [9.17, 15) is 4.79 Å². The molecule has 1 atom stereocenters. The number of fused-ring (bicyclic) bond motifs is 3. The third-order valence-electron chi connectivity index (χ3n) is 6.07. The van der Waals surface area contributed by atoms with E-state index in [4.69, 9.17) is 21.1 Å². The molecule has 7 heteroatoms. The zero-order valence-corrected chi connectivity index (χ0v) is 19.6. The van der Waals surface area contributed by atoms with Crippen molar-refractivity contribution in [2.75, 3.05) is 19.5 Å². The summed E-state index contributed by atoms with van der Waals surface area (Å²) in [5.41, 5.74) is 4.39. The summed E-state index contributed by atoms with van der Waals surface area (Å²) in [6.07, 6.45) is 2.02. The van der Waals surface area contributed by atoms with Crippen LogP contribution in [0.25, 0.3) is 5.69 Å². The van der Waals surface area contributed by atoms with Gasteiger partial charge in [0.2, 0.25) is 0 Å². The molecule has 2 amide bonds. The predicted molar refractivity (Wildman–Crippen MR) is 133 cm³/mol. The van der Waals surface area contributed by atoms with Crippen molar-refractivity contribution in [3.8, 4) is 17.2 Å². The number of carbonyl (C=O) groups excluding carboxylic acids is 1. The Balaban J connectivity index is 1.64. The molecule has 0 spiro atoms. The van der Waals surface area contributed by atoms with Gasteiger partial charge in [-0.1, -0.05) is 48.0 Å². The largest absolute Gasteiger partial charge is 0.497 e. The molecule has 172 valence electrons. The molecule has 34 heavy (non-hydrogen) atoms. The number of methoxy groups -OCH3 is 2. The van der Waals surface area contributed by atoms with Crippen molar-refractivity contribution >= 4 is 23.3 Å². The third kappa shape index (κ3) is 3.86. The lowest BCUT2D eigenvalue weighted by Gasteiger charge is -2.31. The Morgan fingerprint density at radius 3 is 2.56 bits per heavy atom. The second-order valence-corrected chi connectivity index (χ2v) is 8.39. The molecule has 6 nitrogen and oxygen atoms in total. The number of ether oxygens (including phenoxy) is 2. The maximum absolute atomic E-state index is 13.9. The van der Waals surface area contributed by atoms with Gasteiger partial charge in [0.25, 0.3) is 0 Å². The highest BCUT2D eigenvalue weighted by atomic mass is 35.5. The number of carbonyl (C=O) groups is 1. The number of nitrogens with zero attached hydrogens (tertiary/aromatic N) is 2. The highest BCUT2D eigenvalue weighted by molar-refractivity contribution is 6.31. The van der Waals surface area contributed by atoms with Crippen LogP contribution < -0.4 is 14.8 Å². The van der Waals surface area contributed by atoms with Gasteiger partial charge in [-0.3, -0.25) is 0 Å². The molecule has 1 unspecified atom stereocenters. The van der Waals surface area contributed by atoms with Crippen molar-refractivity contribution in [3.05, 3.63) is 107 Å². The zero-order valence-electron chi connectivity index (χ0n) is 18.9. The Hall–Kier alpha value is -3.90. The summed E-state index contributed by atoms with van der Waals surface area (Å²) in [5, 5.41) is 3.64. The van der Waals surface area contributed by atoms with Crippen LogP contribution in [0.15, 0.2) is 85.1 Å². The highest BCUT2D eigenvalue weighted by Gasteiger charge is 2.34. The molecule has 0 saturated carbocycles. The van der Waals surface area contributed by atoms with E-state index in [2.05, 4.69) is 16.0 Å². The first-order chi connectivity index (χ1) is 16.6. The molecule has 0 bridgehead atoms. The van der Waals surface area contributed by atoms with Crippen LogP contribution in [0.1, 0.15) is 22.9 Å². The number of hydrogen-bond acceptors (Lipinski definition) is 3. The first kappa shape index (κ1) is 21.9. The minimum absolute atomic E-state index is 0.277. The summed E-state index contributed by atoms with van der Waals surface area (Å²) < 4.78 is 13.0. The van der Waals surface area contributed by atoms with Gasteiger partial charge in [0.15, 0.2) is 0 Å². The fourth-order valence-electron chi connectivity index (χ4n) is 4.46. The Morgan fingerprint density at radius 2 is 1.76 bits per heavy atom. The molecule has 1 N–H and O–H groups in total.